The number of aryl methyl sites for hydroxylation is 1. The van der Waals surface area contributed by atoms with Crippen molar-refractivity contribution in [3.05, 3.63) is 59.2 Å². The number of hydrogen-bond acceptors (Lipinski definition) is 5. The molecule has 0 spiro atoms. The van der Waals surface area contributed by atoms with Crippen molar-refractivity contribution in [3.8, 4) is 11.3 Å². The van der Waals surface area contributed by atoms with E-state index in [1.54, 1.807) is 22.9 Å². The van der Waals surface area contributed by atoms with Crippen LogP contribution < -0.4 is 10.6 Å². The molecule has 3 aromatic rings. The molecule has 0 aliphatic carbocycles. The summed E-state index contributed by atoms with van der Waals surface area (Å²) in [6, 6.07) is 9.71. The Hall–Kier alpha value is -2.91. The molecule has 9 heteroatoms. The summed E-state index contributed by atoms with van der Waals surface area (Å²) in [4.78, 5) is 28.5. The predicted octanol–water partition coefficient (Wildman–Crippen LogP) is 5.78. The Balaban J connectivity index is 0.000000371. The maximum absolute atomic E-state index is 12.0. The first-order valence-electron chi connectivity index (χ1n) is 13.0. The van der Waals surface area contributed by atoms with Crippen molar-refractivity contribution in [2.45, 2.75) is 72.7 Å². The van der Waals surface area contributed by atoms with Crippen molar-refractivity contribution >= 4 is 35.7 Å². The average molecular weight is 524 g/mol. The fourth-order valence-electron chi connectivity index (χ4n) is 3.56. The highest BCUT2D eigenvalue weighted by molar-refractivity contribution is 7.14. The van der Waals surface area contributed by atoms with E-state index in [1.165, 1.54) is 24.2 Å². The number of benzene rings is 1. The second-order valence-corrected chi connectivity index (χ2v) is 10.1. The van der Waals surface area contributed by atoms with E-state index in [-0.39, 0.29) is 24.5 Å². The molecule has 199 valence electrons. The summed E-state index contributed by atoms with van der Waals surface area (Å²) in [5, 5.41) is 17.1. The van der Waals surface area contributed by atoms with Crippen LogP contribution >= 0.6 is 11.3 Å². The van der Waals surface area contributed by atoms with Gasteiger partial charge in [-0.15, -0.1) is 11.3 Å². The third kappa shape index (κ3) is 10.9. The molecule has 3 N–H and O–H groups in total. The zero-order chi connectivity index (χ0) is 27.2. The number of amides is 2. The molecule has 3 rings (SSSR count). The zero-order valence-electron chi connectivity index (χ0n) is 22.7. The van der Waals surface area contributed by atoms with Crippen LogP contribution in [0.5, 0.6) is 0 Å². The van der Waals surface area contributed by atoms with Gasteiger partial charge in [0.25, 0.3) is 5.91 Å². The van der Waals surface area contributed by atoms with Crippen molar-refractivity contribution < 1.29 is 14.7 Å². The molecule has 0 aliphatic rings. The Morgan fingerprint density at radius 1 is 1.19 bits per heavy atom. The maximum Gasteiger partial charge on any atom is 0.253 e. The number of thiazole rings is 1. The number of carbonyl (C=O) groups is 2. The Bertz CT molecular complexity index is 1110. The van der Waals surface area contributed by atoms with Crippen molar-refractivity contribution in [3.63, 3.8) is 0 Å². The van der Waals surface area contributed by atoms with Gasteiger partial charge >= 0.3 is 0 Å². The molecule has 0 fully saturated rings. The monoisotopic (exact) mass is 523 g/mol. The molecule has 2 heterocycles. The number of rotatable bonds is 12. The number of aromatic nitrogens is 2. The highest BCUT2D eigenvalue weighted by Gasteiger charge is 2.12. The largest absolute Gasteiger partial charge is 0.402 e. The molecule has 7 nitrogen and oxygen atoms in total. The van der Waals surface area contributed by atoms with Gasteiger partial charge < -0.3 is 20.2 Å². The minimum Gasteiger partial charge on any atom is -0.402 e. The standard InChI is InChI=1S/C18H18BN4O2S.C10H22O/c1-12-4-3-5-13(8-12)15-11-26-18(21-15)22-16(24)9-20-17(25)14-6-7-23(10-14)19-2;1-4-6-10(11)8-7-9(3)5-2/h3-8,10-11H,9H2,1-2H3,(H,20,25)(H,21,22,24);9-11H,4-8H2,1-3H3. The van der Waals surface area contributed by atoms with E-state index in [1.807, 2.05) is 50.8 Å². The molecular weight excluding hydrogens is 483 g/mol. The highest BCUT2D eigenvalue weighted by atomic mass is 32.1. The van der Waals surface area contributed by atoms with Crippen LogP contribution in [0.1, 0.15) is 68.8 Å². The van der Waals surface area contributed by atoms with Gasteiger partial charge in [0, 0.05) is 17.1 Å². The molecule has 0 saturated carbocycles. The van der Waals surface area contributed by atoms with Gasteiger partial charge in [-0.1, -0.05) is 64.2 Å². The Morgan fingerprint density at radius 2 is 1.97 bits per heavy atom. The van der Waals surface area contributed by atoms with Crippen LogP contribution in [0.25, 0.3) is 11.3 Å². The SMILES string of the molecule is CCCC(O)CCC(C)CC.C[B]n1ccc(C(=O)NCC(=O)Nc2nc(-c3cccc(C)c3)cs2)c1. The average Bonchev–Trinajstić information content (AvgIpc) is 3.56. The summed E-state index contributed by atoms with van der Waals surface area (Å²) >= 11 is 1.35. The summed E-state index contributed by atoms with van der Waals surface area (Å²) in [5.74, 6) is 0.173. The van der Waals surface area contributed by atoms with E-state index in [0.29, 0.717) is 10.7 Å². The van der Waals surface area contributed by atoms with Crippen LogP contribution in [-0.2, 0) is 4.79 Å². The van der Waals surface area contributed by atoms with Crippen LogP contribution in [0.4, 0.5) is 5.13 Å². The van der Waals surface area contributed by atoms with E-state index < -0.39 is 0 Å². The lowest BCUT2D eigenvalue weighted by atomic mass is 9.99. The van der Waals surface area contributed by atoms with Crippen molar-refractivity contribution in [1.82, 2.24) is 14.8 Å². The number of aliphatic hydroxyl groups excluding tert-OH is 1. The highest BCUT2D eigenvalue weighted by Crippen LogP contribution is 2.25. The first-order chi connectivity index (χ1) is 17.7. The Kier molecular flexibility index (Phi) is 13.1. The maximum atomic E-state index is 12.0. The third-order valence-electron chi connectivity index (χ3n) is 6.06. The fraction of sp³-hybridized carbons (Fsp3) is 0.464. The van der Waals surface area contributed by atoms with E-state index >= 15 is 0 Å². The van der Waals surface area contributed by atoms with Gasteiger partial charge in [0.05, 0.1) is 23.9 Å². The van der Waals surface area contributed by atoms with Crippen LogP contribution in [-0.4, -0.2) is 46.4 Å². The van der Waals surface area contributed by atoms with Crippen LogP contribution in [0.2, 0.25) is 6.82 Å². The molecule has 0 aliphatic heterocycles. The number of anilines is 1. The third-order valence-corrected chi connectivity index (χ3v) is 6.82. The number of hydrogen-bond donors (Lipinski definition) is 3. The summed E-state index contributed by atoms with van der Waals surface area (Å²) < 4.78 is 1.78. The van der Waals surface area contributed by atoms with E-state index in [4.69, 9.17) is 0 Å². The molecule has 1 aromatic carbocycles. The number of nitrogens with one attached hydrogen (secondary N) is 2. The summed E-state index contributed by atoms with van der Waals surface area (Å²) in [7, 11) is 1.83. The van der Waals surface area contributed by atoms with Crippen LogP contribution in [0.15, 0.2) is 48.1 Å². The van der Waals surface area contributed by atoms with Crippen molar-refractivity contribution in [2.75, 3.05) is 11.9 Å². The second kappa shape index (κ2) is 16.0. The molecule has 2 unspecified atom stereocenters. The van der Waals surface area contributed by atoms with E-state index in [9.17, 15) is 14.7 Å². The van der Waals surface area contributed by atoms with Crippen molar-refractivity contribution in [2.24, 2.45) is 5.92 Å². The Labute approximate surface area is 226 Å². The summed E-state index contributed by atoms with van der Waals surface area (Å²) in [5.41, 5.74) is 3.48. The van der Waals surface area contributed by atoms with Gasteiger partial charge in [0.1, 0.15) is 0 Å². The predicted molar refractivity (Wildman–Crippen MR) is 154 cm³/mol. The molecule has 2 atom stereocenters. The molecule has 2 aromatic heterocycles. The fourth-order valence-corrected chi connectivity index (χ4v) is 4.30. The molecule has 1 radical (unpaired) electrons. The number of aliphatic hydroxyl groups is 1. The van der Waals surface area contributed by atoms with Gasteiger partial charge in [0.15, 0.2) is 5.13 Å². The van der Waals surface area contributed by atoms with Crippen molar-refractivity contribution in [1.29, 1.82) is 0 Å². The minimum absolute atomic E-state index is 0.0472. The first-order valence-corrected chi connectivity index (χ1v) is 13.9. The second-order valence-electron chi connectivity index (χ2n) is 9.28. The van der Waals surface area contributed by atoms with Crippen LogP contribution in [0, 0.1) is 12.8 Å². The lowest BCUT2D eigenvalue weighted by Gasteiger charge is -2.12. The van der Waals surface area contributed by atoms with Gasteiger partial charge in [0.2, 0.25) is 13.3 Å². The number of nitrogens with zero attached hydrogens (tertiary/aromatic N) is 2. The smallest absolute Gasteiger partial charge is 0.253 e. The van der Waals surface area contributed by atoms with E-state index in [0.717, 1.165) is 42.0 Å². The molecular formula is C28H40BN4O3S. The normalized spacial score (nSPS) is 12.2. The molecule has 0 bridgehead atoms. The quantitative estimate of drug-likeness (QED) is 0.262. The lowest BCUT2D eigenvalue weighted by Crippen LogP contribution is -2.32. The van der Waals surface area contributed by atoms with Gasteiger partial charge in [-0.25, -0.2) is 4.98 Å². The minimum atomic E-state index is -0.315. The number of carbonyl (C=O) groups excluding carboxylic acids is 2. The van der Waals surface area contributed by atoms with E-state index in [2.05, 4.69) is 36.4 Å². The van der Waals surface area contributed by atoms with Gasteiger partial charge in [-0.05, 0) is 50.4 Å². The zero-order valence-corrected chi connectivity index (χ0v) is 23.5. The molecule has 37 heavy (non-hydrogen) atoms. The Morgan fingerprint density at radius 3 is 2.62 bits per heavy atom. The molecule has 0 saturated heterocycles. The van der Waals surface area contributed by atoms with Gasteiger partial charge in [-0.3, -0.25) is 9.59 Å². The first kappa shape index (κ1) is 30.3. The molecule has 2 amide bonds. The lowest BCUT2D eigenvalue weighted by molar-refractivity contribution is -0.115. The topological polar surface area (TPSA) is 96.3 Å². The van der Waals surface area contributed by atoms with Gasteiger partial charge in [-0.2, -0.15) is 0 Å². The summed E-state index contributed by atoms with van der Waals surface area (Å²) in [6.07, 6.45) is 8.89. The summed E-state index contributed by atoms with van der Waals surface area (Å²) in [6.45, 7) is 10.4. The van der Waals surface area contributed by atoms with Crippen LogP contribution in [0.3, 0.4) is 0 Å².